The quantitative estimate of drug-likeness (QED) is 0.564. The topological polar surface area (TPSA) is 20.2 Å². The highest BCUT2D eigenvalue weighted by atomic mass is 16.2. The summed E-state index contributed by atoms with van der Waals surface area (Å²) in [6.07, 6.45) is 17.3. The Bertz CT molecular complexity index is 257. The summed E-state index contributed by atoms with van der Waals surface area (Å²) in [4.78, 5) is 0. The predicted octanol–water partition coefficient (Wildman–Crippen LogP) is 3.92. The number of unbranched alkanes of at least 4 members (excludes halogenated alkanes) is 2. The van der Waals surface area contributed by atoms with Gasteiger partial charge in [-0.15, -0.1) is 0 Å². The van der Waals surface area contributed by atoms with E-state index in [0.717, 1.165) is 30.6 Å². The van der Waals surface area contributed by atoms with E-state index in [9.17, 15) is 0 Å². The molecule has 1 nitrogen and oxygen atoms in total. The van der Waals surface area contributed by atoms with E-state index in [4.69, 9.17) is 5.11 Å². The summed E-state index contributed by atoms with van der Waals surface area (Å²) in [5.41, 5.74) is 0.605. The van der Waals surface area contributed by atoms with Crippen molar-refractivity contribution in [3.8, 4) is 0 Å². The molecule has 4 bridgehead atoms. The molecular formula is C16H26O. The van der Waals surface area contributed by atoms with Crippen LogP contribution in [0, 0.1) is 23.2 Å². The Labute approximate surface area is 105 Å². The lowest BCUT2D eigenvalue weighted by atomic mass is 9.49. The zero-order valence-electron chi connectivity index (χ0n) is 10.9. The number of allylic oxidation sites excluding steroid dienone is 2. The molecule has 0 aliphatic heterocycles. The largest absolute Gasteiger partial charge is 0.396 e. The molecule has 0 aromatic rings. The van der Waals surface area contributed by atoms with Gasteiger partial charge in [0, 0.05) is 6.61 Å². The van der Waals surface area contributed by atoms with Gasteiger partial charge in [0.05, 0.1) is 0 Å². The van der Waals surface area contributed by atoms with E-state index >= 15 is 0 Å². The lowest BCUT2D eigenvalue weighted by Crippen LogP contribution is -2.44. The molecule has 0 radical (unpaired) electrons. The molecule has 4 saturated carbocycles. The normalized spacial score (nSPS) is 43.7. The first-order chi connectivity index (χ1) is 8.30. The molecular weight excluding hydrogens is 208 g/mol. The molecule has 0 spiro atoms. The first-order valence-corrected chi connectivity index (χ1v) is 7.58. The van der Waals surface area contributed by atoms with Crippen LogP contribution in [0.1, 0.15) is 57.8 Å². The lowest BCUT2D eigenvalue weighted by Gasteiger charge is -2.56. The molecule has 4 aliphatic rings. The summed E-state index contributed by atoms with van der Waals surface area (Å²) in [5.74, 6) is 3.18. The van der Waals surface area contributed by atoms with Gasteiger partial charge in [-0.1, -0.05) is 12.2 Å². The Morgan fingerprint density at radius 3 is 2.06 bits per heavy atom. The van der Waals surface area contributed by atoms with Crippen molar-refractivity contribution in [2.24, 2.45) is 23.2 Å². The fourth-order valence-electron chi connectivity index (χ4n) is 5.09. The SMILES string of the molecule is OCCCC/C=C/C12CC3CC(CC(C3)C1)C2. The molecule has 96 valence electrons. The lowest BCUT2D eigenvalue weighted by molar-refractivity contribution is -0.0238. The van der Waals surface area contributed by atoms with Gasteiger partial charge in [-0.2, -0.15) is 0 Å². The fraction of sp³-hybridized carbons (Fsp3) is 0.875. The van der Waals surface area contributed by atoms with Crippen LogP contribution in [0.15, 0.2) is 12.2 Å². The van der Waals surface area contributed by atoms with Gasteiger partial charge in [0.1, 0.15) is 0 Å². The first kappa shape index (κ1) is 11.8. The third kappa shape index (κ3) is 2.45. The molecule has 0 aromatic carbocycles. The molecule has 0 unspecified atom stereocenters. The van der Waals surface area contributed by atoms with Crippen molar-refractivity contribution in [1.82, 2.24) is 0 Å². The zero-order chi connectivity index (χ0) is 11.7. The van der Waals surface area contributed by atoms with Gasteiger partial charge in [-0.25, -0.2) is 0 Å². The maximum atomic E-state index is 8.77. The number of rotatable bonds is 5. The molecule has 0 heterocycles. The Kier molecular flexibility index (Phi) is 3.30. The first-order valence-electron chi connectivity index (χ1n) is 7.58. The summed E-state index contributed by atoms with van der Waals surface area (Å²) < 4.78 is 0. The van der Waals surface area contributed by atoms with Crippen LogP contribution in [-0.4, -0.2) is 11.7 Å². The molecule has 1 heteroatoms. The van der Waals surface area contributed by atoms with Crippen LogP contribution in [0.5, 0.6) is 0 Å². The van der Waals surface area contributed by atoms with E-state index in [1.165, 1.54) is 44.9 Å². The van der Waals surface area contributed by atoms with Crippen molar-refractivity contribution in [1.29, 1.82) is 0 Å². The highest BCUT2D eigenvalue weighted by Crippen LogP contribution is 2.60. The second-order valence-corrected chi connectivity index (χ2v) is 6.90. The summed E-state index contributed by atoms with van der Waals surface area (Å²) >= 11 is 0. The number of aliphatic hydroxyl groups excluding tert-OH is 1. The maximum absolute atomic E-state index is 8.77. The van der Waals surface area contributed by atoms with Crippen LogP contribution >= 0.6 is 0 Å². The third-order valence-corrected chi connectivity index (χ3v) is 5.34. The molecule has 0 aromatic heterocycles. The molecule has 4 rings (SSSR count). The van der Waals surface area contributed by atoms with Crippen LogP contribution in [0.3, 0.4) is 0 Å². The summed E-state index contributed by atoms with van der Waals surface area (Å²) in [6.45, 7) is 0.352. The minimum Gasteiger partial charge on any atom is -0.396 e. The third-order valence-electron chi connectivity index (χ3n) is 5.34. The standard InChI is InChI=1S/C16H26O/c17-6-4-2-1-3-5-16-10-13-7-14(11-16)9-15(8-13)12-16/h3,5,13-15,17H,1-2,4,6-12H2/b5-3+. The maximum Gasteiger partial charge on any atom is 0.0431 e. The van der Waals surface area contributed by atoms with E-state index in [1.54, 1.807) is 0 Å². The molecule has 0 atom stereocenters. The van der Waals surface area contributed by atoms with E-state index in [1.807, 2.05) is 0 Å². The minimum absolute atomic E-state index is 0.352. The summed E-state index contributed by atoms with van der Waals surface area (Å²) in [7, 11) is 0. The second kappa shape index (κ2) is 4.76. The van der Waals surface area contributed by atoms with Gasteiger partial charge in [-0.05, 0) is 81.0 Å². The smallest absolute Gasteiger partial charge is 0.0431 e. The van der Waals surface area contributed by atoms with Gasteiger partial charge in [0.2, 0.25) is 0 Å². The Morgan fingerprint density at radius 1 is 0.941 bits per heavy atom. The number of hydrogen-bond acceptors (Lipinski definition) is 1. The van der Waals surface area contributed by atoms with Gasteiger partial charge in [0.15, 0.2) is 0 Å². The van der Waals surface area contributed by atoms with Crippen molar-refractivity contribution in [3.05, 3.63) is 12.2 Å². The molecule has 4 aliphatic carbocycles. The molecule has 17 heavy (non-hydrogen) atoms. The van der Waals surface area contributed by atoms with Gasteiger partial charge < -0.3 is 5.11 Å². The molecule has 0 amide bonds. The van der Waals surface area contributed by atoms with Crippen LogP contribution in [0.4, 0.5) is 0 Å². The summed E-state index contributed by atoms with van der Waals surface area (Å²) in [6, 6.07) is 0. The van der Waals surface area contributed by atoms with E-state index < -0.39 is 0 Å². The highest BCUT2D eigenvalue weighted by Gasteiger charge is 2.49. The van der Waals surface area contributed by atoms with E-state index in [-0.39, 0.29) is 0 Å². The monoisotopic (exact) mass is 234 g/mol. The van der Waals surface area contributed by atoms with E-state index in [0.29, 0.717) is 12.0 Å². The van der Waals surface area contributed by atoms with Crippen molar-refractivity contribution in [2.75, 3.05) is 6.61 Å². The van der Waals surface area contributed by atoms with Crippen molar-refractivity contribution >= 4 is 0 Å². The van der Waals surface area contributed by atoms with Gasteiger partial charge in [-0.3, -0.25) is 0 Å². The Morgan fingerprint density at radius 2 is 1.53 bits per heavy atom. The summed E-state index contributed by atoms with van der Waals surface area (Å²) in [5, 5.41) is 8.77. The Balaban J connectivity index is 1.58. The van der Waals surface area contributed by atoms with Crippen molar-refractivity contribution < 1.29 is 5.11 Å². The highest BCUT2D eigenvalue weighted by molar-refractivity contribution is 5.10. The van der Waals surface area contributed by atoms with Crippen molar-refractivity contribution in [3.63, 3.8) is 0 Å². The molecule has 4 fully saturated rings. The van der Waals surface area contributed by atoms with Crippen LogP contribution < -0.4 is 0 Å². The van der Waals surface area contributed by atoms with Gasteiger partial charge >= 0.3 is 0 Å². The van der Waals surface area contributed by atoms with Gasteiger partial charge in [0.25, 0.3) is 0 Å². The Hall–Kier alpha value is -0.300. The average molecular weight is 234 g/mol. The van der Waals surface area contributed by atoms with Crippen LogP contribution in [0.25, 0.3) is 0 Å². The van der Waals surface area contributed by atoms with Crippen molar-refractivity contribution in [2.45, 2.75) is 57.8 Å². The predicted molar refractivity (Wildman–Crippen MR) is 70.7 cm³/mol. The van der Waals surface area contributed by atoms with Crippen LogP contribution in [-0.2, 0) is 0 Å². The second-order valence-electron chi connectivity index (χ2n) is 6.90. The zero-order valence-corrected chi connectivity index (χ0v) is 10.9. The molecule has 1 N–H and O–H groups in total. The molecule has 0 saturated heterocycles. The number of aliphatic hydroxyl groups is 1. The fourth-order valence-corrected chi connectivity index (χ4v) is 5.09. The van der Waals surface area contributed by atoms with Crippen LogP contribution in [0.2, 0.25) is 0 Å². The van der Waals surface area contributed by atoms with E-state index in [2.05, 4.69) is 12.2 Å². The number of hydrogen-bond donors (Lipinski definition) is 1. The minimum atomic E-state index is 0.352. The average Bonchev–Trinajstić information content (AvgIpc) is 2.26.